The second-order valence-electron chi connectivity index (χ2n) is 6.91. The molecule has 118 valence electrons. The van der Waals surface area contributed by atoms with Gasteiger partial charge in [0, 0.05) is 57.8 Å². The van der Waals surface area contributed by atoms with E-state index in [2.05, 4.69) is 22.2 Å². The Hall–Kier alpha value is -0.200. The van der Waals surface area contributed by atoms with Crippen LogP contribution in [0.15, 0.2) is 0 Å². The van der Waals surface area contributed by atoms with Gasteiger partial charge in [-0.2, -0.15) is 0 Å². The molecule has 0 bridgehead atoms. The van der Waals surface area contributed by atoms with Crippen molar-refractivity contribution in [2.45, 2.75) is 31.9 Å². The lowest BCUT2D eigenvalue weighted by Gasteiger charge is -2.40. The van der Waals surface area contributed by atoms with Crippen LogP contribution in [0.5, 0.6) is 0 Å². The Morgan fingerprint density at radius 2 is 1.85 bits per heavy atom. The molecule has 2 rings (SSSR count). The van der Waals surface area contributed by atoms with Crippen molar-refractivity contribution in [3.63, 3.8) is 0 Å². The van der Waals surface area contributed by atoms with Crippen LogP contribution in [0.3, 0.4) is 0 Å². The van der Waals surface area contributed by atoms with Gasteiger partial charge in [0.05, 0.1) is 12.2 Å². The fraction of sp³-hybridized carbons (Fsp3) is 1.00. The standard InChI is InChI=1S/C15H31N3O2/c1-15(2,19)12-18-7-5-17(6-8-18)10-13-11-20-9-4-14(13)16-3/h13-14,16,19H,4-12H2,1-3H3. The average Bonchev–Trinajstić information content (AvgIpc) is 2.40. The molecular weight excluding hydrogens is 254 g/mol. The first-order chi connectivity index (χ1) is 9.48. The van der Waals surface area contributed by atoms with E-state index in [1.807, 2.05) is 13.8 Å². The summed E-state index contributed by atoms with van der Waals surface area (Å²) in [4.78, 5) is 4.91. The molecule has 2 heterocycles. The molecule has 2 aliphatic heterocycles. The summed E-state index contributed by atoms with van der Waals surface area (Å²) in [5, 5.41) is 13.3. The smallest absolute Gasteiger partial charge is 0.0718 e. The van der Waals surface area contributed by atoms with Crippen LogP contribution in [0.2, 0.25) is 0 Å². The van der Waals surface area contributed by atoms with Gasteiger partial charge in [-0.1, -0.05) is 0 Å². The Labute approximate surface area is 123 Å². The third kappa shape index (κ3) is 4.97. The molecule has 0 radical (unpaired) electrons. The number of nitrogens with one attached hydrogen (secondary N) is 1. The maximum Gasteiger partial charge on any atom is 0.0718 e. The van der Waals surface area contributed by atoms with Gasteiger partial charge in [-0.15, -0.1) is 0 Å². The van der Waals surface area contributed by atoms with Crippen LogP contribution < -0.4 is 5.32 Å². The van der Waals surface area contributed by atoms with Gasteiger partial charge in [0.15, 0.2) is 0 Å². The van der Waals surface area contributed by atoms with Gasteiger partial charge < -0.3 is 20.1 Å². The van der Waals surface area contributed by atoms with E-state index >= 15 is 0 Å². The first-order valence-corrected chi connectivity index (χ1v) is 7.90. The SMILES string of the molecule is CNC1CCOCC1CN1CCN(CC(C)(C)O)CC1. The Balaban J connectivity index is 1.73. The summed E-state index contributed by atoms with van der Waals surface area (Å²) in [6, 6.07) is 0.596. The Bertz CT molecular complexity index is 285. The molecule has 5 heteroatoms. The zero-order valence-corrected chi connectivity index (χ0v) is 13.3. The van der Waals surface area contributed by atoms with Gasteiger partial charge in [-0.25, -0.2) is 0 Å². The van der Waals surface area contributed by atoms with Crippen molar-refractivity contribution in [3.05, 3.63) is 0 Å². The van der Waals surface area contributed by atoms with Crippen LogP contribution >= 0.6 is 0 Å². The summed E-state index contributed by atoms with van der Waals surface area (Å²) in [5.41, 5.74) is -0.587. The maximum atomic E-state index is 9.88. The van der Waals surface area contributed by atoms with Crippen molar-refractivity contribution in [2.24, 2.45) is 5.92 Å². The fourth-order valence-corrected chi connectivity index (χ4v) is 3.37. The largest absolute Gasteiger partial charge is 0.389 e. The quantitative estimate of drug-likeness (QED) is 0.745. The topological polar surface area (TPSA) is 48.0 Å². The Morgan fingerprint density at radius 1 is 1.20 bits per heavy atom. The van der Waals surface area contributed by atoms with Crippen molar-refractivity contribution in [1.29, 1.82) is 0 Å². The van der Waals surface area contributed by atoms with Gasteiger partial charge in [0.2, 0.25) is 0 Å². The van der Waals surface area contributed by atoms with Crippen molar-refractivity contribution in [1.82, 2.24) is 15.1 Å². The predicted molar refractivity (Wildman–Crippen MR) is 81.0 cm³/mol. The molecule has 0 aromatic rings. The number of hydrogen-bond acceptors (Lipinski definition) is 5. The first-order valence-electron chi connectivity index (χ1n) is 7.90. The monoisotopic (exact) mass is 285 g/mol. The minimum absolute atomic E-state index is 0.587. The van der Waals surface area contributed by atoms with Crippen LogP contribution in [0.4, 0.5) is 0 Å². The molecule has 0 aromatic heterocycles. The minimum Gasteiger partial charge on any atom is -0.389 e. The fourth-order valence-electron chi connectivity index (χ4n) is 3.37. The highest BCUT2D eigenvalue weighted by molar-refractivity contribution is 4.84. The lowest BCUT2D eigenvalue weighted by molar-refractivity contribution is -0.00406. The maximum absolute atomic E-state index is 9.88. The third-order valence-corrected chi connectivity index (χ3v) is 4.41. The molecule has 2 aliphatic rings. The summed E-state index contributed by atoms with van der Waals surface area (Å²) < 4.78 is 5.63. The molecule has 0 saturated carbocycles. The van der Waals surface area contributed by atoms with E-state index in [0.717, 1.165) is 58.9 Å². The molecule has 0 spiro atoms. The molecule has 2 atom stereocenters. The summed E-state index contributed by atoms with van der Waals surface area (Å²) in [6.07, 6.45) is 1.12. The highest BCUT2D eigenvalue weighted by Gasteiger charge is 2.28. The molecule has 2 saturated heterocycles. The zero-order chi connectivity index (χ0) is 14.6. The molecular formula is C15H31N3O2. The van der Waals surface area contributed by atoms with E-state index in [-0.39, 0.29) is 0 Å². The number of aliphatic hydroxyl groups is 1. The first kappa shape index (κ1) is 16.2. The number of nitrogens with zero attached hydrogens (tertiary/aromatic N) is 2. The zero-order valence-electron chi connectivity index (χ0n) is 13.3. The van der Waals surface area contributed by atoms with E-state index in [0.29, 0.717) is 12.0 Å². The third-order valence-electron chi connectivity index (χ3n) is 4.41. The van der Waals surface area contributed by atoms with Gasteiger partial charge >= 0.3 is 0 Å². The van der Waals surface area contributed by atoms with E-state index in [1.54, 1.807) is 0 Å². The van der Waals surface area contributed by atoms with Crippen molar-refractivity contribution in [3.8, 4) is 0 Å². The summed E-state index contributed by atoms with van der Waals surface area (Å²) in [7, 11) is 2.06. The predicted octanol–water partition coefficient (Wildman–Crippen LogP) is -0.000600. The van der Waals surface area contributed by atoms with Crippen molar-refractivity contribution >= 4 is 0 Å². The number of β-amino-alcohol motifs (C(OH)–C–C–N with tert-alkyl or cyclic N) is 1. The second kappa shape index (κ2) is 7.18. The number of rotatable bonds is 5. The lowest BCUT2D eigenvalue weighted by Crippen LogP contribution is -2.53. The molecule has 2 fully saturated rings. The Kier molecular flexibility index (Phi) is 5.81. The van der Waals surface area contributed by atoms with E-state index in [9.17, 15) is 5.11 Å². The number of hydrogen-bond donors (Lipinski definition) is 2. The molecule has 2 N–H and O–H groups in total. The molecule has 2 unspecified atom stereocenters. The average molecular weight is 285 g/mol. The van der Waals surface area contributed by atoms with Crippen molar-refractivity contribution < 1.29 is 9.84 Å². The van der Waals surface area contributed by atoms with Gasteiger partial charge in [-0.05, 0) is 27.3 Å². The molecule has 0 amide bonds. The van der Waals surface area contributed by atoms with E-state index in [1.165, 1.54) is 0 Å². The highest BCUT2D eigenvalue weighted by Crippen LogP contribution is 2.17. The number of ether oxygens (including phenoxy) is 1. The number of piperazine rings is 1. The van der Waals surface area contributed by atoms with Gasteiger partial charge in [0.1, 0.15) is 0 Å². The summed E-state index contributed by atoms with van der Waals surface area (Å²) in [5.74, 6) is 0.606. The minimum atomic E-state index is -0.587. The lowest BCUT2D eigenvalue weighted by atomic mass is 9.95. The van der Waals surface area contributed by atoms with Gasteiger partial charge in [0.25, 0.3) is 0 Å². The summed E-state index contributed by atoms with van der Waals surface area (Å²) >= 11 is 0. The summed E-state index contributed by atoms with van der Waals surface area (Å²) in [6.45, 7) is 11.8. The molecule has 0 aliphatic carbocycles. The normalized spacial score (nSPS) is 30.6. The second-order valence-corrected chi connectivity index (χ2v) is 6.91. The Morgan fingerprint density at radius 3 is 2.45 bits per heavy atom. The molecule has 20 heavy (non-hydrogen) atoms. The van der Waals surface area contributed by atoms with Crippen LogP contribution in [0.1, 0.15) is 20.3 Å². The van der Waals surface area contributed by atoms with Crippen LogP contribution in [-0.2, 0) is 4.74 Å². The van der Waals surface area contributed by atoms with E-state index in [4.69, 9.17) is 4.74 Å². The molecule has 0 aromatic carbocycles. The molecule has 5 nitrogen and oxygen atoms in total. The van der Waals surface area contributed by atoms with E-state index < -0.39 is 5.60 Å². The van der Waals surface area contributed by atoms with Crippen LogP contribution in [-0.4, -0.2) is 86.1 Å². The van der Waals surface area contributed by atoms with Gasteiger partial charge in [-0.3, -0.25) is 4.90 Å². The van der Waals surface area contributed by atoms with Crippen LogP contribution in [0.25, 0.3) is 0 Å². The van der Waals surface area contributed by atoms with Crippen molar-refractivity contribution in [2.75, 3.05) is 59.5 Å². The highest BCUT2D eigenvalue weighted by atomic mass is 16.5. The van der Waals surface area contributed by atoms with Crippen LogP contribution in [0, 0.1) is 5.92 Å².